The highest BCUT2D eigenvalue weighted by Gasteiger charge is 2.30. The van der Waals surface area contributed by atoms with Crippen LogP contribution in [0.25, 0.3) is 0 Å². The molecule has 120 valence electrons. The van der Waals surface area contributed by atoms with Gasteiger partial charge >= 0.3 is 18.2 Å². The van der Waals surface area contributed by atoms with Crippen LogP contribution in [0.15, 0.2) is 48.5 Å². The van der Waals surface area contributed by atoms with Gasteiger partial charge in [0.15, 0.2) is 0 Å². The average Bonchev–Trinajstić information content (AvgIpc) is 2.46. The number of amides is 2. The highest BCUT2D eigenvalue weighted by Crippen LogP contribution is 2.30. The molecule has 0 heterocycles. The molecule has 0 bridgehead atoms. The number of alkyl halides is 3. The van der Waals surface area contributed by atoms with E-state index in [1.54, 1.807) is 0 Å². The molecule has 0 atom stereocenters. The summed E-state index contributed by atoms with van der Waals surface area (Å²) in [7, 11) is 0. The minimum atomic E-state index is -4.46. The van der Waals surface area contributed by atoms with Crippen LogP contribution in [0.5, 0.6) is 5.75 Å². The molecule has 5 nitrogen and oxygen atoms in total. The van der Waals surface area contributed by atoms with Crippen molar-refractivity contribution in [2.75, 3.05) is 5.32 Å². The number of anilines is 1. The summed E-state index contributed by atoms with van der Waals surface area (Å²) in [5.41, 5.74) is 4.52. The quantitative estimate of drug-likeness (QED) is 0.670. The average molecular weight is 324 g/mol. The predicted octanol–water partition coefficient (Wildman–Crippen LogP) is 3.42. The third-order valence-corrected chi connectivity index (χ3v) is 2.76. The van der Waals surface area contributed by atoms with Crippen LogP contribution >= 0.6 is 0 Å². The molecule has 0 saturated heterocycles. The SMILES string of the molecule is NC(=O)Nc1cccc(C(=O)Oc2ccc(C(F)(F)F)cc2)c1. The van der Waals surface area contributed by atoms with E-state index < -0.39 is 23.7 Å². The second-order valence-corrected chi connectivity index (χ2v) is 4.48. The topological polar surface area (TPSA) is 81.4 Å². The second-order valence-electron chi connectivity index (χ2n) is 4.48. The summed E-state index contributed by atoms with van der Waals surface area (Å²) >= 11 is 0. The number of hydrogen-bond donors (Lipinski definition) is 2. The third kappa shape index (κ3) is 4.47. The third-order valence-electron chi connectivity index (χ3n) is 2.76. The summed E-state index contributed by atoms with van der Waals surface area (Å²) in [4.78, 5) is 22.7. The van der Waals surface area contributed by atoms with E-state index in [1.165, 1.54) is 24.3 Å². The number of benzene rings is 2. The molecule has 0 saturated carbocycles. The fraction of sp³-hybridized carbons (Fsp3) is 0.0667. The molecular formula is C15H11F3N2O3. The first-order valence-corrected chi connectivity index (χ1v) is 6.31. The normalized spacial score (nSPS) is 10.9. The number of hydrogen-bond acceptors (Lipinski definition) is 3. The van der Waals surface area contributed by atoms with E-state index in [-0.39, 0.29) is 11.3 Å². The van der Waals surface area contributed by atoms with E-state index in [1.807, 2.05) is 0 Å². The Kier molecular flexibility index (Phi) is 4.54. The summed E-state index contributed by atoms with van der Waals surface area (Å²) in [6.45, 7) is 0. The lowest BCUT2D eigenvalue weighted by atomic mass is 10.2. The molecule has 2 rings (SSSR count). The number of urea groups is 1. The van der Waals surface area contributed by atoms with Gasteiger partial charge in [-0.15, -0.1) is 0 Å². The van der Waals surface area contributed by atoms with Gasteiger partial charge in [-0.1, -0.05) is 6.07 Å². The van der Waals surface area contributed by atoms with Crippen LogP contribution in [-0.2, 0) is 6.18 Å². The molecule has 0 aliphatic heterocycles. The van der Waals surface area contributed by atoms with Crippen molar-refractivity contribution in [2.45, 2.75) is 6.18 Å². The molecule has 0 fully saturated rings. The Morgan fingerprint density at radius 1 is 1.04 bits per heavy atom. The lowest BCUT2D eigenvalue weighted by molar-refractivity contribution is -0.137. The molecule has 0 radical (unpaired) electrons. The Bertz CT molecular complexity index is 727. The summed E-state index contributed by atoms with van der Waals surface area (Å²) in [6, 6.07) is 8.70. The first-order chi connectivity index (χ1) is 10.8. The summed E-state index contributed by atoms with van der Waals surface area (Å²) < 4.78 is 42.3. The Morgan fingerprint density at radius 3 is 2.26 bits per heavy atom. The van der Waals surface area contributed by atoms with Crippen LogP contribution < -0.4 is 15.8 Å². The molecule has 0 spiro atoms. The van der Waals surface area contributed by atoms with Crippen molar-refractivity contribution in [3.8, 4) is 5.75 Å². The minimum absolute atomic E-state index is 0.0312. The molecule has 0 aliphatic carbocycles. The van der Waals surface area contributed by atoms with Crippen molar-refractivity contribution in [1.82, 2.24) is 0 Å². The number of primary amides is 1. The Balaban J connectivity index is 2.11. The maximum absolute atomic E-state index is 12.4. The van der Waals surface area contributed by atoms with Crippen LogP contribution in [0, 0.1) is 0 Å². The summed E-state index contributed by atoms with van der Waals surface area (Å²) in [6.07, 6.45) is -4.46. The van der Waals surface area contributed by atoms with Gasteiger partial charge < -0.3 is 15.8 Å². The van der Waals surface area contributed by atoms with Gasteiger partial charge in [-0.2, -0.15) is 13.2 Å². The van der Waals surface area contributed by atoms with Crippen molar-refractivity contribution < 1.29 is 27.5 Å². The molecule has 8 heteroatoms. The van der Waals surface area contributed by atoms with E-state index in [9.17, 15) is 22.8 Å². The van der Waals surface area contributed by atoms with Gasteiger partial charge in [0.2, 0.25) is 0 Å². The van der Waals surface area contributed by atoms with Crippen molar-refractivity contribution in [3.63, 3.8) is 0 Å². The van der Waals surface area contributed by atoms with Gasteiger partial charge in [-0.3, -0.25) is 0 Å². The Morgan fingerprint density at radius 2 is 1.70 bits per heavy atom. The molecule has 0 unspecified atom stereocenters. The lowest BCUT2D eigenvalue weighted by Gasteiger charge is -2.09. The van der Waals surface area contributed by atoms with E-state index in [4.69, 9.17) is 10.5 Å². The monoisotopic (exact) mass is 324 g/mol. The van der Waals surface area contributed by atoms with Crippen LogP contribution in [0.4, 0.5) is 23.7 Å². The molecule has 3 N–H and O–H groups in total. The Hall–Kier alpha value is -3.03. The molecule has 2 amide bonds. The molecule has 2 aromatic carbocycles. The Labute approximate surface area is 128 Å². The smallest absolute Gasteiger partial charge is 0.416 e. The van der Waals surface area contributed by atoms with E-state index in [0.717, 1.165) is 24.3 Å². The summed E-state index contributed by atoms with van der Waals surface area (Å²) in [5.74, 6) is -0.811. The first-order valence-electron chi connectivity index (χ1n) is 6.31. The maximum Gasteiger partial charge on any atom is 0.416 e. The molecular weight excluding hydrogens is 313 g/mol. The molecule has 23 heavy (non-hydrogen) atoms. The highest BCUT2D eigenvalue weighted by molar-refractivity contribution is 5.94. The van der Waals surface area contributed by atoms with Crippen molar-refractivity contribution in [3.05, 3.63) is 59.7 Å². The number of halogens is 3. The van der Waals surface area contributed by atoms with Crippen molar-refractivity contribution in [1.29, 1.82) is 0 Å². The lowest BCUT2D eigenvalue weighted by Crippen LogP contribution is -2.19. The number of carbonyl (C=O) groups excluding carboxylic acids is 2. The fourth-order valence-electron chi connectivity index (χ4n) is 1.74. The molecule has 0 aliphatic rings. The van der Waals surface area contributed by atoms with Gasteiger partial charge in [0, 0.05) is 5.69 Å². The van der Waals surface area contributed by atoms with Gasteiger partial charge in [0.1, 0.15) is 5.75 Å². The second kappa shape index (κ2) is 6.39. The highest BCUT2D eigenvalue weighted by atomic mass is 19.4. The zero-order valence-electron chi connectivity index (χ0n) is 11.6. The predicted molar refractivity (Wildman–Crippen MR) is 76.1 cm³/mol. The van der Waals surface area contributed by atoms with E-state index in [0.29, 0.717) is 5.69 Å². The number of rotatable bonds is 3. The zero-order valence-corrected chi connectivity index (χ0v) is 11.6. The fourth-order valence-corrected chi connectivity index (χ4v) is 1.74. The van der Waals surface area contributed by atoms with E-state index >= 15 is 0 Å². The summed E-state index contributed by atoms with van der Waals surface area (Å²) in [5, 5.41) is 2.29. The maximum atomic E-state index is 12.4. The van der Waals surface area contributed by atoms with Crippen LogP contribution in [0.2, 0.25) is 0 Å². The number of ether oxygens (including phenoxy) is 1. The minimum Gasteiger partial charge on any atom is -0.423 e. The van der Waals surface area contributed by atoms with Crippen LogP contribution in [0.3, 0.4) is 0 Å². The van der Waals surface area contributed by atoms with Crippen LogP contribution in [0.1, 0.15) is 15.9 Å². The largest absolute Gasteiger partial charge is 0.423 e. The van der Waals surface area contributed by atoms with E-state index in [2.05, 4.69) is 5.32 Å². The van der Waals surface area contributed by atoms with Gasteiger partial charge in [-0.25, -0.2) is 9.59 Å². The van der Waals surface area contributed by atoms with Gasteiger partial charge in [0.05, 0.1) is 11.1 Å². The number of nitrogens with one attached hydrogen (secondary N) is 1. The molecule has 2 aromatic rings. The van der Waals surface area contributed by atoms with Crippen molar-refractivity contribution in [2.24, 2.45) is 5.73 Å². The van der Waals surface area contributed by atoms with Crippen LogP contribution in [-0.4, -0.2) is 12.0 Å². The molecule has 0 aromatic heterocycles. The number of carbonyl (C=O) groups is 2. The standard InChI is InChI=1S/C15H11F3N2O3/c16-15(17,18)10-4-6-12(7-5-10)23-13(21)9-2-1-3-11(8-9)20-14(19)22/h1-8H,(H3,19,20,22). The zero-order chi connectivity index (χ0) is 17.0. The number of nitrogens with two attached hydrogens (primary N) is 1. The van der Waals surface area contributed by atoms with Gasteiger partial charge in [-0.05, 0) is 42.5 Å². The number of esters is 1. The first kappa shape index (κ1) is 16.3. The van der Waals surface area contributed by atoms with Gasteiger partial charge in [0.25, 0.3) is 0 Å². The van der Waals surface area contributed by atoms with Crippen molar-refractivity contribution >= 4 is 17.7 Å².